The van der Waals surface area contributed by atoms with Crippen molar-refractivity contribution in [2.75, 3.05) is 7.05 Å². The Morgan fingerprint density at radius 2 is 2.00 bits per heavy atom. The zero-order valence-electron chi connectivity index (χ0n) is 9.96. The predicted molar refractivity (Wildman–Crippen MR) is 59.9 cm³/mol. The van der Waals surface area contributed by atoms with E-state index in [4.69, 9.17) is 5.11 Å². The molecule has 1 amide bonds. The topological polar surface area (TPSA) is 66.4 Å². The van der Waals surface area contributed by atoms with Crippen LogP contribution in [0.15, 0.2) is 18.2 Å². The van der Waals surface area contributed by atoms with Crippen molar-refractivity contribution in [2.45, 2.75) is 13.3 Å². The van der Waals surface area contributed by atoms with E-state index >= 15 is 0 Å². The minimum Gasteiger partial charge on any atom is -0.480 e. The number of hydrogen-bond acceptors (Lipinski definition) is 2. The van der Waals surface area contributed by atoms with Gasteiger partial charge < -0.3 is 10.4 Å². The Labute approximate surface area is 103 Å². The molecule has 0 heterocycles. The van der Waals surface area contributed by atoms with E-state index in [1.807, 2.05) is 0 Å². The van der Waals surface area contributed by atoms with Crippen molar-refractivity contribution < 1.29 is 23.5 Å². The number of carbonyl (C=O) groups is 2. The maximum absolute atomic E-state index is 13.5. The van der Waals surface area contributed by atoms with E-state index in [1.165, 1.54) is 26.1 Å². The first-order chi connectivity index (χ1) is 8.32. The van der Waals surface area contributed by atoms with Crippen LogP contribution in [-0.4, -0.2) is 24.0 Å². The van der Waals surface area contributed by atoms with Crippen LogP contribution in [0.2, 0.25) is 0 Å². The van der Waals surface area contributed by atoms with Gasteiger partial charge in [-0.2, -0.15) is 0 Å². The van der Waals surface area contributed by atoms with Crippen LogP contribution in [0.5, 0.6) is 0 Å². The highest BCUT2D eigenvalue weighted by atomic mass is 19.2. The summed E-state index contributed by atoms with van der Waals surface area (Å²) in [5, 5.41) is 11.3. The summed E-state index contributed by atoms with van der Waals surface area (Å²) >= 11 is 0. The minimum atomic E-state index is -1.84. The molecule has 1 aromatic carbocycles. The highest BCUT2D eigenvalue weighted by Gasteiger charge is 2.41. The molecule has 0 saturated carbocycles. The van der Waals surface area contributed by atoms with Crippen molar-refractivity contribution in [3.8, 4) is 0 Å². The summed E-state index contributed by atoms with van der Waals surface area (Å²) in [6.45, 7) is 1.17. The summed E-state index contributed by atoms with van der Waals surface area (Å²) in [7, 11) is 1.28. The molecule has 0 radical (unpaired) electrons. The molecule has 1 unspecified atom stereocenters. The van der Waals surface area contributed by atoms with Gasteiger partial charge >= 0.3 is 5.97 Å². The van der Waals surface area contributed by atoms with Crippen LogP contribution in [0.1, 0.15) is 12.5 Å². The molecule has 0 spiro atoms. The van der Waals surface area contributed by atoms with Gasteiger partial charge in [0.2, 0.25) is 5.91 Å². The van der Waals surface area contributed by atoms with E-state index < -0.39 is 35.3 Å². The van der Waals surface area contributed by atoms with Crippen molar-refractivity contribution in [3.05, 3.63) is 35.4 Å². The second kappa shape index (κ2) is 5.12. The SMILES string of the molecule is CNC(=O)C(C)(Cc1cccc(F)c1F)C(=O)O. The first-order valence-electron chi connectivity index (χ1n) is 5.21. The summed E-state index contributed by atoms with van der Waals surface area (Å²) in [5.41, 5.74) is -1.99. The molecule has 2 N–H and O–H groups in total. The Morgan fingerprint density at radius 1 is 1.39 bits per heavy atom. The fourth-order valence-corrected chi connectivity index (χ4v) is 1.59. The van der Waals surface area contributed by atoms with Crippen molar-refractivity contribution in [2.24, 2.45) is 5.41 Å². The van der Waals surface area contributed by atoms with Crippen LogP contribution < -0.4 is 5.32 Å². The molecule has 1 rings (SSSR count). The van der Waals surface area contributed by atoms with E-state index in [1.54, 1.807) is 0 Å². The molecule has 0 aliphatic rings. The molecule has 1 atom stereocenters. The van der Waals surface area contributed by atoms with Gasteiger partial charge in [-0.1, -0.05) is 12.1 Å². The number of amides is 1. The molecular formula is C12H13F2NO3. The molecular weight excluding hydrogens is 244 g/mol. The van der Waals surface area contributed by atoms with Crippen LogP contribution in [-0.2, 0) is 16.0 Å². The molecule has 6 heteroatoms. The van der Waals surface area contributed by atoms with E-state index in [0.717, 1.165) is 6.07 Å². The molecule has 0 bridgehead atoms. The van der Waals surface area contributed by atoms with Gasteiger partial charge in [0.1, 0.15) is 5.41 Å². The third kappa shape index (κ3) is 2.47. The van der Waals surface area contributed by atoms with Crippen molar-refractivity contribution in [3.63, 3.8) is 0 Å². The van der Waals surface area contributed by atoms with Crippen LogP contribution in [0.3, 0.4) is 0 Å². The molecule has 0 aliphatic carbocycles. The fraction of sp³-hybridized carbons (Fsp3) is 0.333. The van der Waals surface area contributed by atoms with Gasteiger partial charge in [0.05, 0.1) is 0 Å². The number of rotatable bonds is 4. The van der Waals surface area contributed by atoms with E-state index in [0.29, 0.717) is 0 Å². The van der Waals surface area contributed by atoms with Gasteiger partial charge in [-0.15, -0.1) is 0 Å². The Hall–Kier alpha value is -1.98. The summed E-state index contributed by atoms with van der Waals surface area (Å²) in [4.78, 5) is 22.7. The average Bonchev–Trinajstić information content (AvgIpc) is 2.33. The molecule has 0 saturated heterocycles. The number of benzene rings is 1. The van der Waals surface area contributed by atoms with Crippen LogP contribution in [0.25, 0.3) is 0 Å². The second-order valence-corrected chi connectivity index (χ2v) is 4.11. The van der Waals surface area contributed by atoms with Crippen molar-refractivity contribution in [1.29, 1.82) is 0 Å². The lowest BCUT2D eigenvalue weighted by Crippen LogP contribution is -2.44. The standard InChI is InChI=1S/C12H13F2NO3/c1-12(11(17)18,10(16)15-2)6-7-4-3-5-8(13)9(7)14/h3-5H,6H2,1-2H3,(H,15,16)(H,17,18). The number of carbonyl (C=O) groups excluding carboxylic acids is 1. The lowest BCUT2D eigenvalue weighted by molar-refractivity contribution is -0.154. The number of aliphatic carboxylic acids is 1. The highest BCUT2D eigenvalue weighted by Crippen LogP contribution is 2.25. The Bertz CT molecular complexity index is 490. The molecule has 0 aliphatic heterocycles. The Kier molecular flexibility index (Phi) is 4.00. The largest absolute Gasteiger partial charge is 0.480 e. The van der Waals surface area contributed by atoms with Crippen molar-refractivity contribution in [1.82, 2.24) is 5.32 Å². The van der Waals surface area contributed by atoms with Gasteiger partial charge in [-0.3, -0.25) is 9.59 Å². The molecule has 1 aromatic rings. The van der Waals surface area contributed by atoms with Gasteiger partial charge in [0, 0.05) is 13.5 Å². The van der Waals surface area contributed by atoms with Crippen LogP contribution >= 0.6 is 0 Å². The third-order valence-corrected chi connectivity index (χ3v) is 2.78. The summed E-state index contributed by atoms with van der Waals surface area (Å²) in [6, 6.07) is 3.44. The zero-order valence-corrected chi connectivity index (χ0v) is 9.96. The van der Waals surface area contributed by atoms with E-state index in [-0.39, 0.29) is 5.56 Å². The van der Waals surface area contributed by atoms with Gasteiger partial charge in [-0.05, 0) is 18.6 Å². The third-order valence-electron chi connectivity index (χ3n) is 2.78. The average molecular weight is 257 g/mol. The first-order valence-corrected chi connectivity index (χ1v) is 5.21. The lowest BCUT2D eigenvalue weighted by atomic mass is 9.82. The summed E-state index contributed by atoms with van der Waals surface area (Å²) in [6.07, 6.45) is -0.425. The normalized spacial score (nSPS) is 13.8. The summed E-state index contributed by atoms with van der Waals surface area (Å²) < 4.78 is 26.5. The smallest absolute Gasteiger partial charge is 0.319 e. The number of carboxylic acids is 1. The Morgan fingerprint density at radius 3 is 2.50 bits per heavy atom. The van der Waals surface area contributed by atoms with Gasteiger partial charge in [-0.25, -0.2) is 8.78 Å². The number of nitrogens with one attached hydrogen (secondary N) is 1. The molecule has 0 fully saturated rings. The monoisotopic (exact) mass is 257 g/mol. The lowest BCUT2D eigenvalue weighted by Gasteiger charge is -2.23. The molecule has 18 heavy (non-hydrogen) atoms. The van der Waals surface area contributed by atoms with E-state index in [9.17, 15) is 18.4 Å². The number of halogens is 2. The maximum atomic E-state index is 13.5. The van der Waals surface area contributed by atoms with Crippen LogP contribution in [0, 0.1) is 17.0 Å². The quantitative estimate of drug-likeness (QED) is 0.800. The minimum absolute atomic E-state index is 0.150. The highest BCUT2D eigenvalue weighted by molar-refractivity contribution is 6.01. The second-order valence-electron chi connectivity index (χ2n) is 4.11. The van der Waals surface area contributed by atoms with Gasteiger partial charge in [0.15, 0.2) is 11.6 Å². The predicted octanol–water partition coefficient (Wildman–Crippen LogP) is 1.34. The summed E-state index contributed by atoms with van der Waals surface area (Å²) in [5.74, 6) is -4.37. The number of hydrogen-bond donors (Lipinski definition) is 2. The Balaban J connectivity index is 3.16. The maximum Gasteiger partial charge on any atom is 0.319 e. The van der Waals surface area contributed by atoms with Gasteiger partial charge in [0.25, 0.3) is 0 Å². The molecule has 4 nitrogen and oxygen atoms in total. The van der Waals surface area contributed by atoms with Crippen LogP contribution in [0.4, 0.5) is 8.78 Å². The first kappa shape index (κ1) is 14.1. The fourth-order valence-electron chi connectivity index (χ4n) is 1.59. The molecule has 0 aromatic heterocycles. The van der Waals surface area contributed by atoms with E-state index in [2.05, 4.69) is 5.32 Å². The van der Waals surface area contributed by atoms with Crippen molar-refractivity contribution >= 4 is 11.9 Å². The number of carboxylic acid groups (broad SMARTS) is 1. The zero-order chi connectivity index (χ0) is 13.9. The molecule has 98 valence electrons.